The Kier molecular flexibility index (Phi) is 12.0. The van der Waals surface area contributed by atoms with Gasteiger partial charge in [-0.2, -0.15) is 5.10 Å². The first-order chi connectivity index (χ1) is 12.6. The summed E-state index contributed by atoms with van der Waals surface area (Å²) in [6.07, 6.45) is 7.91. The number of aromatic nitrogens is 2. The Labute approximate surface area is 182 Å². The van der Waals surface area contributed by atoms with Crippen molar-refractivity contribution in [3.63, 3.8) is 0 Å². The van der Waals surface area contributed by atoms with Gasteiger partial charge in [0.2, 0.25) is 0 Å². The zero-order valence-corrected chi connectivity index (χ0v) is 20.0. The van der Waals surface area contributed by atoms with Gasteiger partial charge in [-0.25, -0.2) is 0 Å². The predicted molar refractivity (Wildman–Crippen MR) is 125 cm³/mol. The molecule has 2 N–H and O–H groups in total. The smallest absolute Gasteiger partial charge is 0.191 e. The van der Waals surface area contributed by atoms with Crippen molar-refractivity contribution in [1.82, 2.24) is 25.3 Å². The van der Waals surface area contributed by atoms with Gasteiger partial charge < -0.3 is 15.5 Å². The number of nitrogens with one attached hydrogen (secondary N) is 2. The van der Waals surface area contributed by atoms with Crippen LogP contribution < -0.4 is 10.6 Å². The monoisotopic (exact) mass is 490 g/mol. The highest BCUT2D eigenvalue weighted by Crippen LogP contribution is 2.21. The molecule has 0 spiro atoms. The molecule has 27 heavy (non-hydrogen) atoms. The number of aliphatic imine (C=N–C) groups is 1. The third kappa shape index (κ3) is 8.81. The normalized spacial score (nSPS) is 15.7. The Balaban J connectivity index is 0.00000364. The number of halogens is 1. The van der Waals surface area contributed by atoms with Gasteiger partial charge in [0.15, 0.2) is 5.96 Å². The molecular formula is C20H39IN6. The summed E-state index contributed by atoms with van der Waals surface area (Å²) in [5.74, 6) is 0.929. The van der Waals surface area contributed by atoms with Gasteiger partial charge in [0, 0.05) is 44.5 Å². The van der Waals surface area contributed by atoms with E-state index in [0.29, 0.717) is 0 Å². The summed E-state index contributed by atoms with van der Waals surface area (Å²) in [5.41, 5.74) is 2.31. The van der Waals surface area contributed by atoms with Crippen molar-refractivity contribution in [2.45, 2.75) is 71.9 Å². The van der Waals surface area contributed by atoms with E-state index in [-0.39, 0.29) is 24.0 Å². The second kappa shape index (κ2) is 13.4. The molecule has 0 bridgehead atoms. The molecule has 1 saturated carbocycles. The Bertz CT molecular complexity index is 551. The average Bonchev–Trinajstić information content (AvgIpc) is 2.96. The minimum Gasteiger partial charge on any atom is -0.357 e. The van der Waals surface area contributed by atoms with Crippen molar-refractivity contribution in [1.29, 1.82) is 0 Å². The van der Waals surface area contributed by atoms with Gasteiger partial charge in [-0.05, 0) is 53.1 Å². The van der Waals surface area contributed by atoms with Crippen molar-refractivity contribution in [2.24, 2.45) is 4.99 Å². The lowest BCUT2D eigenvalue weighted by Gasteiger charge is -2.31. The number of hydrogen-bond acceptors (Lipinski definition) is 3. The SMILES string of the molecule is CCNC(=NCCCn1nc(C)cc1C)NCCN(C)C1CCCCC1.I. The molecule has 0 aliphatic heterocycles. The summed E-state index contributed by atoms with van der Waals surface area (Å²) in [6, 6.07) is 2.89. The van der Waals surface area contributed by atoms with Crippen molar-refractivity contribution >= 4 is 29.9 Å². The van der Waals surface area contributed by atoms with Crippen molar-refractivity contribution < 1.29 is 0 Å². The molecule has 1 heterocycles. The fourth-order valence-corrected chi connectivity index (χ4v) is 3.71. The molecule has 0 aromatic carbocycles. The van der Waals surface area contributed by atoms with E-state index in [1.807, 2.05) is 6.92 Å². The van der Waals surface area contributed by atoms with Gasteiger partial charge in [-0.1, -0.05) is 19.3 Å². The van der Waals surface area contributed by atoms with Gasteiger partial charge in [-0.15, -0.1) is 24.0 Å². The Morgan fingerprint density at radius 3 is 2.63 bits per heavy atom. The lowest BCUT2D eigenvalue weighted by molar-refractivity contribution is 0.194. The van der Waals surface area contributed by atoms with Crippen LogP contribution in [0.3, 0.4) is 0 Å². The van der Waals surface area contributed by atoms with Crippen molar-refractivity contribution in [3.8, 4) is 0 Å². The second-order valence-corrected chi connectivity index (χ2v) is 7.46. The molecule has 7 heteroatoms. The molecule has 0 atom stereocenters. The van der Waals surface area contributed by atoms with E-state index < -0.39 is 0 Å². The van der Waals surface area contributed by atoms with Crippen LogP contribution in [0.25, 0.3) is 0 Å². The van der Waals surface area contributed by atoms with E-state index in [1.54, 1.807) is 0 Å². The topological polar surface area (TPSA) is 57.5 Å². The van der Waals surface area contributed by atoms with Crippen LogP contribution >= 0.6 is 24.0 Å². The first-order valence-corrected chi connectivity index (χ1v) is 10.3. The maximum atomic E-state index is 4.71. The van der Waals surface area contributed by atoms with Crippen LogP contribution in [0.2, 0.25) is 0 Å². The number of likely N-dealkylation sites (N-methyl/N-ethyl adjacent to an activating group) is 1. The number of aryl methyl sites for hydroxylation is 3. The Morgan fingerprint density at radius 1 is 1.26 bits per heavy atom. The van der Waals surface area contributed by atoms with Crippen molar-refractivity contribution in [3.05, 3.63) is 17.5 Å². The Morgan fingerprint density at radius 2 is 2.00 bits per heavy atom. The molecule has 1 fully saturated rings. The maximum absolute atomic E-state index is 4.71. The van der Waals surface area contributed by atoms with E-state index in [1.165, 1.54) is 37.8 Å². The van der Waals surface area contributed by atoms with Crippen LogP contribution in [-0.4, -0.2) is 59.9 Å². The van der Waals surface area contributed by atoms with Gasteiger partial charge in [0.05, 0.1) is 5.69 Å². The summed E-state index contributed by atoms with van der Waals surface area (Å²) >= 11 is 0. The molecule has 1 aromatic rings. The van der Waals surface area contributed by atoms with Crippen LogP contribution in [0, 0.1) is 13.8 Å². The first kappa shape index (κ1) is 24.2. The van der Waals surface area contributed by atoms with E-state index in [9.17, 15) is 0 Å². The highest BCUT2D eigenvalue weighted by Gasteiger charge is 2.17. The molecule has 0 amide bonds. The standard InChI is InChI=1S/C20H38N6.HI/c1-5-21-20(22-12-9-14-26-18(3)16-17(2)24-26)23-13-15-25(4)19-10-7-6-8-11-19;/h16,19H,5-15H2,1-4H3,(H2,21,22,23);1H. The summed E-state index contributed by atoms with van der Waals surface area (Å²) < 4.78 is 2.07. The molecule has 0 unspecified atom stereocenters. The maximum Gasteiger partial charge on any atom is 0.191 e. The zero-order valence-electron chi connectivity index (χ0n) is 17.6. The van der Waals surface area contributed by atoms with Gasteiger partial charge in [0.1, 0.15) is 0 Å². The second-order valence-electron chi connectivity index (χ2n) is 7.46. The van der Waals surface area contributed by atoms with E-state index >= 15 is 0 Å². The zero-order chi connectivity index (χ0) is 18.8. The highest BCUT2D eigenvalue weighted by molar-refractivity contribution is 14.0. The molecule has 0 saturated heterocycles. The number of rotatable bonds is 9. The molecule has 1 aliphatic rings. The molecular weight excluding hydrogens is 451 g/mol. The van der Waals surface area contributed by atoms with Gasteiger partial charge in [-0.3, -0.25) is 9.67 Å². The quantitative estimate of drug-likeness (QED) is 0.241. The molecule has 1 aromatic heterocycles. The van der Waals surface area contributed by atoms with Crippen molar-refractivity contribution in [2.75, 3.05) is 33.2 Å². The van der Waals surface area contributed by atoms with Crippen LogP contribution in [0.5, 0.6) is 0 Å². The average molecular weight is 490 g/mol. The largest absolute Gasteiger partial charge is 0.357 e. The summed E-state index contributed by atoms with van der Waals surface area (Å²) in [6.45, 7) is 10.9. The summed E-state index contributed by atoms with van der Waals surface area (Å²) in [4.78, 5) is 7.22. The fourth-order valence-electron chi connectivity index (χ4n) is 3.71. The van der Waals surface area contributed by atoms with E-state index in [2.05, 4.69) is 52.3 Å². The molecule has 156 valence electrons. The van der Waals surface area contributed by atoms with Gasteiger partial charge in [0.25, 0.3) is 0 Å². The third-order valence-electron chi connectivity index (χ3n) is 5.20. The molecule has 2 rings (SSSR count). The Hall–Kier alpha value is -0.830. The van der Waals surface area contributed by atoms with Crippen LogP contribution in [0.4, 0.5) is 0 Å². The number of hydrogen-bond donors (Lipinski definition) is 2. The fraction of sp³-hybridized carbons (Fsp3) is 0.800. The first-order valence-electron chi connectivity index (χ1n) is 10.3. The minimum atomic E-state index is 0. The lowest BCUT2D eigenvalue weighted by Crippen LogP contribution is -2.43. The minimum absolute atomic E-state index is 0. The van der Waals surface area contributed by atoms with Gasteiger partial charge >= 0.3 is 0 Å². The molecule has 1 aliphatic carbocycles. The predicted octanol–water partition coefficient (Wildman–Crippen LogP) is 3.33. The number of nitrogens with zero attached hydrogens (tertiary/aromatic N) is 4. The highest BCUT2D eigenvalue weighted by atomic mass is 127. The number of guanidine groups is 1. The lowest BCUT2D eigenvalue weighted by atomic mass is 9.94. The van der Waals surface area contributed by atoms with E-state index in [4.69, 9.17) is 4.99 Å². The van der Waals surface area contributed by atoms with Crippen LogP contribution in [0.15, 0.2) is 11.1 Å². The van der Waals surface area contributed by atoms with E-state index in [0.717, 1.165) is 56.8 Å². The summed E-state index contributed by atoms with van der Waals surface area (Å²) in [7, 11) is 2.26. The van der Waals surface area contributed by atoms with Crippen LogP contribution in [0.1, 0.15) is 56.8 Å². The molecule has 0 radical (unpaired) electrons. The summed E-state index contributed by atoms with van der Waals surface area (Å²) in [5, 5.41) is 11.3. The third-order valence-corrected chi connectivity index (χ3v) is 5.20. The molecule has 6 nitrogen and oxygen atoms in total. The van der Waals surface area contributed by atoms with Crippen LogP contribution in [-0.2, 0) is 6.54 Å².